The van der Waals surface area contributed by atoms with Gasteiger partial charge in [-0.15, -0.1) is 0 Å². The van der Waals surface area contributed by atoms with Crippen LogP contribution in [0.5, 0.6) is 11.5 Å². The number of carbonyl (C=O) groups excluding carboxylic acids is 1. The lowest BCUT2D eigenvalue weighted by atomic mass is 10.1. The molecule has 2 atom stereocenters. The van der Waals surface area contributed by atoms with Crippen LogP contribution in [0.4, 0.5) is 5.69 Å². The number of piperazine rings is 1. The van der Waals surface area contributed by atoms with Crippen LogP contribution in [0, 0.1) is 0 Å². The zero-order chi connectivity index (χ0) is 27.0. The summed E-state index contributed by atoms with van der Waals surface area (Å²) in [5.74, 6) is 1.26. The highest BCUT2D eigenvalue weighted by Crippen LogP contribution is 2.45. The van der Waals surface area contributed by atoms with Gasteiger partial charge in [-0.1, -0.05) is 23.2 Å². The molecular weight excluding hydrogens is 527 g/mol. The number of hydrogen-bond donors (Lipinski definition) is 2. The van der Waals surface area contributed by atoms with Crippen LogP contribution in [-0.2, 0) is 6.54 Å². The molecule has 11 heteroatoms. The second-order valence-electron chi connectivity index (χ2n) is 9.38. The molecule has 3 heterocycles. The minimum Gasteiger partial charge on any atom is -0.495 e. The Morgan fingerprint density at radius 1 is 1.05 bits per heavy atom. The van der Waals surface area contributed by atoms with E-state index in [1.54, 1.807) is 12.3 Å². The van der Waals surface area contributed by atoms with Crippen LogP contribution < -0.4 is 25.0 Å². The second-order valence-corrected chi connectivity index (χ2v) is 10.1. The maximum absolute atomic E-state index is 13.0. The van der Waals surface area contributed by atoms with Gasteiger partial charge in [-0.05, 0) is 38.1 Å². The first-order valence-electron chi connectivity index (χ1n) is 12.2. The summed E-state index contributed by atoms with van der Waals surface area (Å²) in [4.78, 5) is 28.9. The van der Waals surface area contributed by atoms with E-state index in [2.05, 4.69) is 44.3 Å². The monoisotopic (exact) mass is 554 g/mol. The van der Waals surface area contributed by atoms with E-state index in [9.17, 15) is 4.79 Å². The molecule has 1 saturated heterocycles. The molecular formula is C27H28Cl2N6O3. The molecule has 0 aliphatic carbocycles. The quantitative estimate of drug-likeness (QED) is 0.483. The standard InChI is InChI=1S/C27H28Cl2N6O3/c1-14-12-35(13-15(2)32-14)17-7-5-16(6-8-17)27(36)34-25-18-10-30-26(33-19(18)11-31-25)22-23(28)20(37-3)9-21(38-4)24(22)29/h5-10,14-15,32H,11-13H2,1-4H3,(H,31,34,36)/t14-,15+. The smallest absolute Gasteiger partial charge is 0.256 e. The summed E-state index contributed by atoms with van der Waals surface area (Å²) < 4.78 is 10.7. The number of aliphatic imine (C=N–C) groups is 1. The fourth-order valence-electron chi connectivity index (χ4n) is 4.82. The summed E-state index contributed by atoms with van der Waals surface area (Å²) in [7, 11) is 3.01. The van der Waals surface area contributed by atoms with Gasteiger partial charge >= 0.3 is 0 Å². The Kier molecular flexibility index (Phi) is 7.43. The Morgan fingerprint density at radius 3 is 2.29 bits per heavy atom. The Labute approximate surface area is 231 Å². The normalized spacial score (nSPS) is 18.6. The van der Waals surface area contributed by atoms with Crippen molar-refractivity contribution in [3.05, 3.63) is 63.4 Å². The van der Waals surface area contributed by atoms with Gasteiger partial charge in [0.1, 0.15) is 17.3 Å². The fraction of sp³-hybridized carbons (Fsp3) is 0.333. The Balaban J connectivity index is 1.33. The Bertz CT molecular complexity index is 1370. The maximum atomic E-state index is 13.0. The van der Waals surface area contributed by atoms with Crippen molar-refractivity contribution < 1.29 is 14.3 Å². The number of aromatic nitrogens is 2. The van der Waals surface area contributed by atoms with Crippen LogP contribution in [0.2, 0.25) is 10.0 Å². The highest BCUT2D eigenvalue weighted by Gasteiger charge is 2.26. The molecule has 2 aliphatic rings. The molecule has 198 valence electrons. The van der Waals surface area contributed by atoms with Crippen LogP contribution in [0.3, 0.4) is 0 Å². The van der Waals surface area contributed by atoms with Crippen LogP contribution in [0.1, 0.15) is 35.5 Å². The number of benzene rings is 2. The molecule has 2 aromatic carbocycles. The minimum atomic E-state index is -0.252. The molecule has 1 amide bonds. The molecule has 1 fully saturated rings. The molecule has 9 nitrogen and oxygen atoms in total. The van der Waals surface area contributed by atoms with Gasteiger partial charge in [-0.25, -0.2) is 9.97 Å². The molecule has 0 saturated carbocycles. The summed E-state index contributed by atoms with van der Waals surface area (Å²) in [6, 6.07) is 10.0. The van der Waals surface area contributed by atoms with Crippen molar-refractivity contribution in [1.29, 1.82) is 0 Å². The summed E-state index contributed by atoms with van der Waals surface area (Å²) in [5, 5.41) is 6.98. The third-order valence-corrected chi connectivity index (χ3v) is 7.34. The maximum Gasteiger partial charge on any atom is 0.256 e. The van der Waals surface area contributed by atoms with Crippen molar-refractivity contribution in [2.75, 3.05) is 32.2 Å². The number of amidine groups is 1. The minimum absolute atomic E-state index is 0.252. The average molecular weight is 555 g/mol. The first-order chi connectivity index (χ1) is 18.3. The zero-order valence-electron chi connectivity index (χ0n) is 21.5. The number of methoxy groups -OCH3 is 2. The number of rotatable bonds is 5. The van der Waals surface area contributed by atoms with Gasteiger partial charge in [-0.3, -0.25) is 9.79 Å². The molecule has 5 rings (SSSR count). The number of halogens is 2. The van der Waals surface area contributed by atoms with Crippen LogP contribution in [-0.4, -0.2) is 61.1 Å². The number of fused-ring (bicyclic) bond motifs is 1. The molecule has 0 unspecified atom stereocenters. The predicted molar refractivity (Wildman–Crippen MR) is 149 cm³/mol. The van der Waals surface area contributed by atoms with Crippen molar-refractivity contribution >= 4 is 40.6 Å². The molecule has 3 aromatic rings. The third kappa shape index (κ3) is 5.01. The SMILES string of the molecule is COc1cc(OC)c(Cl)c(-c2ncc3c(n2)CN=C3NC(=O)c2ccc(N3C[C@@H](C)N[C@@H](C)C3)cc2)c1Cl. The highest BCUT2D eigenvalue weighted by atomic mass is 35.5. The highest BCUT2D eigenvalue weighted by molar-refractivity contribution is 6.40. The average Bonchev–Trinajstić information content (AvgIpc) is 3.30. The van der Waals surface area contributed by atoms with Crippen LogP contribution >= 0.6 is 23.2 Å². The van der Waals surface area contributed by atoms with Gasteiger partial charge in [0, 0.05) is 48.7 Å². The van der Waals surface area contributed by atoms with Crippen molar-refractivity contribution in [2.24, 2.45) is 4.99 Å². The van der Waals surface area contributed by atoms with Gasteiger partial charge in [0.15, 0.2) is 5.82 Å². The molecule has 38 heavy (non-hydrogen) atoms. The van der Waals surface area contributed by atoms with E-state index in [4.69, 9.17) is 32.7 Å². The van der Waals surface area contributed by atoms with Gasteiger partial charge < -0.3 is 25.0 Å². The van der Waals surface area contributed by atoms with E-state index in [1.165, 1.54) is 14.2 Å². The van der Waals surface area contributed by atoms with Crippen LogP contribution in [0.25, 0.3) is 11.4 Å². The molecule has 0 spiro atoms. The van der Waals surface area contributed by atoms with Crippen molar-refractivity contribution in [2.45, 2.75) is 32.5 Å². The number of anilines is 1. The number of amides is 1. The molecule has 0 bridgehead atoms. The number of ether oxygens (including phenoxy) is 2. The van der Waals surface area contributed by atoms with Gasteiger partial charge in [0.25, 0.3) is 5.91 Å². The molecule has 1 aromatic heterocycles. The second kappa shape index (κ2) is 10.8. The summed E-state index contributed by atoms with van der Waals surface area (Å²) >= 11 is 13.1. The zero-order valence-corrected chi connectivity index (χ0v) is 23.0. The van der Waals surface area contributed by atoms with Gasteiger partial charge in [0.05, 0.1) is 47.6 Å². The number of carbonyl (C=O) groups is 1. The predicted octanol–water partition coefficient (Wildman–Crippen LogP) is 4.34. The lowest BCUT2D eigenvalue weighted by molar-refractivity contribution is 0.0977. The van der Waals surface area contributed by atoms with E-state index in [1.807, 2.05) is 24.3 Å². The van der Waals surface area contributed by atoms with E-state index in [-0.39, 0.29) is 22.5 Å². The molecule has 2 aliphatic heterocycles. The van der Waals surface area contributed by atoms with Crippen molar-refractivity contribution in [1.82, 2.24) is 20.6 Å². The lowest BCUT2D eigenvalue weighted by Gasteiger charge is -2.37. The van der Waals surface area contributed by atoms with Gasteiger partial charge in [0.2, 0.25) is 0 Å². The van der Waals surface area contributed by atoms with Crippen molar-refractivity contribution in [3.8, 4) is 22.9 Å². The number of nitrogens with one attached hydrogen (secondary N) is 2. The van der Waals surface area contributed by atoms with Crippen molar-refractivity contribution in [3.63, 3.8) is 0 Å². The van der Waals surface area contributed by atoms with Crippen LogP contribution in [0.15, 0.2) is 41.5 Å². The summed E-state index contributed by atoms with van der Waals surface area (Å²) in [5.41, 5.74) is 3.33. The Morgan fingerprint density at radius 2 is 1.68 bits per heavy atom. The number of hydrogen-bond acceptors (Lipinski definition) is 8. The van der Waals surface area contributed by atoms with Gasteiger partial charge in [-0.2, -0.15) is 0 Å². The number of nitrogens with zero attached hydrogens (tertiary/aromatic N) is 4. The first-order valence-corrected chi connectivity index (χ1v) is 13.0. The summed E-state index contributed by atoms with van der Waals surface area (Å²) in [6.07, 6.45) is 1.61. The summed E-state index contributed by atoms with van der Waals surface area (Å²) in [6.45, 7) is 6.48. The van der Waals surface area contributed by atoms with E-state index in [0.29, 0.717) is 57.6 Å². The van der Waals surface area contributed by atoms with E-state index in [0.717, 1.165) is 18.8 Å². The van der Waals surface area contributed by atoms with E-state index >= 15 is 0 Å². The van der Waals surface area contributed by atoms with E-state index < -0.39 is 0 Å². The lowest BCUT2D eigenvalue weighted by Crippen LogP contribution is -2.54. The fourth-order valence-corrected chi connectivity index (χ4v) is 5.49. The molecule has 2 N–H and O–H groups in total. The molecule has 0 radical (unpaired) electrons. The largest absolute Gasteiger partial charge is 0.495 e. The topological polar surface area (TPSA) is 101 Å². The first kappa shape index (κ1) is 26.2. The third-order valence-electron chi connectivity index (χ3n) is 6.59. The Hall–Kier alpha value is -3.40.